The Morgan fingerprint density at radius 3 is 2.24 bits per heavy atom. The number of anilines is 1. The van der Waals surface area contributed by atoms with E-state index in [1.165, 1.54) is 37.3 Å². The molecule has 42 heavy (non-hydrogen) atoms. The number of amides is 2. The maximum Gasteiger partial charge on any atom is 0.264 e. The van der Waals surface area contributed by atoms with Crippen molar-refractivity contribution in [1.29, 1.82) is 0 Å². The number of unbranched alkanes of at least 4 members (excludes halogenated alkanes) is 1. The second kappa shape index (κ2) is 15.5. The number of halogens is 1. The lowest BCUT2D eigenvalue weighted by molar-refractivity contribution is -0.140. The Hall–Kier alpha value is -3.76. The molecule has 1 unspecified atom stereocenters. The molecule has 3 rings (SSSR count). The number of benzene rings is 3. The van der Waals surface area contributed by atoms with E-state index < -0.39 is 28.5 Å². The number of rotatable bonds is 15. The molecule has 226 valence electrons. The fourth-order valence-corrected chi connectivity index (χ4v) is 6.00. The first-order valence-corrected chi connectivity index (χ1v) is 15.6. The number of hydrogen-bond donors (Lipinski definition) is 1. The van der Waals surface area contributed by atoms with Gasteiger partial charge in [-0.3, -0.25) is 13.9 Å². The number of nitrogens with zero attached hydrogens (tertiary/aromatic N) is 2. The monoisotopic (exact) mass is 615 g/mol. The molecule has 9 nitrogen and oxygen atoms in total. The predicted octanol–water partition coefficient (Wildman–Crippen LogP) is 5.28. The van der Waals surface area contributed by atoms with Crippen molar-refractivity contribution in [3.05, 3.63) is 83.4 Å². The van der Waals surface area contributed by atoms with Gasteiger partial charge < -0.3 is 19.7 Å². The van der Waals surface area contributed by atoms with Crippen LogP contribution in [0.2, 0.25) is 5.02 Å². The highest BCUT2D eigenvalue weighted by Crippen LogP contribution is 2.36. The Bertz CT molecular complexity index is 1430. The van der Waals surface area contributed by atoms with Gasteiger partial charge in [0.05, 0.1) is 24.8 Å². The molecule has 0 aliphatic rings. The van der Waals surface area contributed by atoms with Crippen molar-refractivity contribution >= 4 is 39.1 Å². The van der Waals surface area contributed by atoms with Gasteiger partial charge in [-0.1, -0.05) is 62.2 Å². The van der Waals surface area contributed by atoms with E-state index in [-0.39, 0.29) is 28.8 Å². The molecule has 0 spiro atoms. The van der Waals surface area contributed by atoms with E-state index in [2.05, 4.69) is 5.32 Å². The van der Waals surface area contributed by atoms with Gasteiger partial charge in [-0.05, 0) is 54.8 Å². The van der Waals surface area contributed by atoms with Gasteiger partial charge in [-0.15, -0.1) is 0 Å². The summed E-state index contributed by atoms with van der Waals surface area (Å²) in [6.07, 6.45) is 2.02. The van der Waals surface area contributed by atoms with E-state index >= 15 is 0 Å². The molecule has 0 radical (unpaired) electrons. The van der Waals surface area contributed by atoms with Crippen LogP contribution in [0.4, 0.5) is 5.69 Å². The van der Waals surface area contributed by atoms with Crippen LogP contribution in [0, 0.1) is 0 Å². The first kappa shape index (κ1) is 32.8. The van der Waals surface area contributed by atoms with Crippen molar-refractivity contribution in [3.8, 4) is 11.5 Å². The third-order valence-corrected chi connectivity index (χ3v) is 8.77. The maximum atomic E-state index is 14.2. The summed E-state index contributed by atoms with van der Waals surface area (Å²) in [5, 5.41) is 3.45. The minimum atomic E-state index is -4.26. The summed E-state index contributed by atoms with van der Waals surface area (Å²) in [6, 6.07) is 18.7. The second-order valence-electron chi connectivity index (χ2n) is 9.58. The Morgan fingerprint density at radius 1 is 0.952 bits per heavy atom. The van der Waals surface area contributed by atoms with Crippen molar-refractivity contribution in [2.24, 2.45) is 0 Å². The van der Waals surface area contributed by atoms with E-state index in [0.717, 1.165) is 22.7 Å². The van der Waals surface area contributed by atoms with Gasteiger partial charge >= 0.3 is 0 Å². The summed E-state index contributed by atoms with van der Waals surface area (Å²) in [7, 11) is -1.38. The number of methoxy groups -OCH3 is 2. The van der Waals surface area contributed by atoms with Crippen LogP contribution in [-0.4, -0.2) is 58.5 Å². The molecule has 0 aromatic heterocycles. The quantitative estimate of drug-likeness (QED) is 0.233. The van der Waals surface area contributed by atoms with Crippen LogP contribution >= 0.6 is 11.6 Å². The van der Waals surface area contributed by atoms with Crippen molar-refractivity contribution in [3.63, 3.8) is 0 Å². The van der Waals surface area contributed by atoms with Crippen molar-refractivity contribution in [1.82, 2.24) is 10.2 Å². The molecule has 0 bridgehead atoms. The van der Waals surface area contributed by atoms with Crippen LogP contribution in [0.5, 0.6) is 11.5 Å². The summed E-state index contributed by atoms with van der Waals surface area (Å²) >= 11 is 6.08. The molecule has 3 aromatic carbocycles. The van der Waals surface area contributed by atoms with Gasteiger partial charge in [-0.2, -0.15) is 0 Å². The lowest BCUT2D eigenvalue weighted by atomic mass is 10.1. The van der Waals surface area contributed by atoms with Gasteiger partial charge in [0.15, 0.2) is 0 Å². The second-order valence-corrected chi connectivity index (χ2v) is 11.9. The van der Waals surface area contributed by atoms with E-state index in [9.17, 15) is 18.0 Å². The van der Waals surface area contributed by atoms with E-state index in [1.807, 2.05) is 13.8 Å². The number of carbonyl (C=O) groups is 2. The predicted molar refractivity (Wildman–Crippen MR) is 165 cm³/mol. The van der Waals surface area contributed by atoms with E-state index in [4.69, 9.17) is 21.1 Å². The smallest absolute Gasteiger partial charge is 0.264 e. The number of sulfonamides is 1. The zero-order valence-corrected chi connectivity index (χ0v) is 26.0. The fraction of sp³-hybridized carbons (Fsp3) is 0.355. The first-order chi connectivity index (χ1) is 20.2. The highest BCUT2D eigenvalue weighted by Gasteiger charge is 2.35. The first-order valence-electron chi connectivity index (χ1n) is 13.8. The Labute approximate surface area is 253 Å². The van der Waals surface area contributed by atoms with Crippen LogP contribution in [-0.2, 0) is 26.2 Å². The molecular formula is C31H38ClN3O6S. The highest BCUT2D eigenvalue weighted by atomic mass is 35.5. The van der Waals surface area contributed by atoms with Gasteiger partial charge in [0.25, 0.3) is 10.0 Å². The molecular weight excluding hydrogens is 578 g/mol. The molecule has 0 heterocycles. The number of carbonyl (C=O) groups excluding carboxylic acids is 2. The van der Waals surface area contributed by atoms with Gasteiger partial charge in [-0.25, -0.2) is 8.42 Å². The molecule has 0 saturated heterocycles. The maximum absolute atomic E-state index is 14.2. The SMILES string of the molecule is CCCCNC(=O)C(CC)N(Cc1ccc(Cl)cc1)C(=O)CN(c1cc(OC)ccc1OC)S(=O)(=O)c1ccccc1. The third kappa shape index (κ3) is 8.17. The number of nitrogens with one attached hydrogen (secondary N) is 1. The lowest BCUT2D eigenvalue weighted by Gasteiger charge is -2.33. The van der Waals surface area contributed by atoms with Crippen LogP contribution in [0.15, 0.2) is 77.7 Å². The Balaban J connectivity index is 2.10. The van der Waals surface area contributed by atoms with E-state index in [1.54, 1.807) is 54.6 Å². The topological polar surface area (TPSA) is 105 Å². The zero-order chi connectivity index (χ0) is 30.7. The summed E-state index contributed by atoms with van der Waals surface area (Å²) in [4.78, 5) is 28.9. The van der Waals surface area contributed by atoms with Gasteiger partial charge in [0.2, 0.25) is 11.8 Å². The minimum absolute atomic E-state index is 0.00345. The van der Waals surface area contributed by atoms with Crippen LogP contribution in [0.3, 0.4) is 0 Å². The normalized spacial score (nSPS) is 11.8. The largest absolute Gasteiger partial charge is 0.497 e. The molecule has 0 saturated carbocycles. The van der Waals surface area contributed by atoms with E-state index in [0.29, 0.717) is 23.7 Å². The highest BCUT2D eigenvalue weighted by molar-refractivity contribution is 7.92. The van der Waals surface area contributed by atoms with Crippen LogP contribution in [0.25, 0.3) is 0 Å². The molecule has 11 heteroatoms. The number of hydrogen-bond acceptors (Lipinski definition) is 6. The summed E-state index contributed by atoms with van der Waals surface area (Å²) in [5.74, 6) is -0.250. The Kier molecular flexibility index (Phi) is 12.1. The van der Waals surface area contributed by atoms with Crippen LogP contribution < -0.4 is 19.1 Å². The number of ether oxygens (including phenoxy) is 2. The average Bonchev–Trinajstić information content (AvgIpc) is 3.00. The lowest BCUT2D eigenvalue weighted by Crippen LogP contribution is -2.52. The standard InChI is InChI=1S/C31H38ClN3O6S/c1-5-7-19-33-31(37)27(6-2)34(21-23-13-15-24(32)16-14-23)30(36)22-35(42(38,39)26-11-9-8-10-12-26)28-20-25(40-3)17-18-29(28)41-4/h8-18,20,27H,5-7,19,21-22H2,1-4H3,(H,33,37). The third-order valence-electron chi connectivity index (χ3n) is 6.75. The molecule has 1 atom stereocenters. The summed E-state index contributed by atoms with van der Waals surface area (Å²) in [6.45, 7) is 3.80. The molecule has 0 aliphatic heterocycles. The molecule has 3 aromatic rings. The van der Waals surface area contributed by atoms with Crippen LogP contribution in [0.1, 0.15) is 38.7 Å². The van der Waals surface area contributed by atoms with Crippen molar-refractivity contribution < 1.29 is 27.5 Å². The Morgan fingerprint density at radius 2 is 1.64 bits per heavy atom. The molecule has 2 amide bonds. The minimum Gasteiger partial charge on any atom is -0.497 e. The molecule has 1 N–H and O–H groups in total. The summed E-state index contributed by atoms with van der Waals surface area (Å²) in [5.41, 5.74) is 0.866. The zero-order valence-electron chi connectivity index (χ0n) is 24.4. The molecule has 0 fully saturated rings. The van der Waals surface area contributed by atoms with Gasteiger partial charge in [0, 0.05) is 24.2 Å². The molecule has 0 aliphatic carbocycles. The fourth-order valence-electron chi connectivity index (χ4n) is 4.44. The van der Waals surface area contributed by atoms with Crippen molar-refractivity contribution in [2.45, 2.75) is 50.6 Å². The van der Waals surface area contributed by atoms with Gasteiger partial charge in [0.1, 0.15) is 24.1 Å². The average molecular weight is 616 g/mol. The summed E-state index contributed by atoms with van der Waals surface area (Å²) < 4.78 is 40.0. The van der Waals surface area contributed by atoms with Crippen molar-refractivity contribution in [2.75, 3.05) is 31.6 Å².